The van der Waals surface area contributed by atoms with E-state index in [2.05, 4.69) is 25.1 Å². The quantitative estimate of drug-likeness (QED) is 0.529. The molecule has 1 fully saturated rings. The van der Waals surface area contributed by atoms with Crippen molar-refractivity contribution in [2.45, 2.75) is 25.8 Å². The molecule has 0 amide bonds. The predicted octanol–water partition coefficient (Wildman–Crippen LogP) is 3.58. The van der Waals surface area contributed by atoms with Crippen LogP contribution in [0.5, 0.6) is 0 Å². The van der Waals surface area contributed by atoms with Gasteiger partial charge in [-0.1, -0.05) is 35.5 Å². The van der Waals surface area contributed by atoms with Crippen molar-refractivity contribution >= 4 is 5.95 Å². The van der Waals surface area contributed by atoms with E-state index in [1.165, 1.54) is 0 Å². The molecule has 0 unspecified atom stereocenters. The van der Waals surface area contributed by atoms with Crippen molar-refractivity contribution in [2.75, 3.05) is 11.4 Å². The van der Waals surface area contributed by atoms with Crippen LogP contribution in [0, 0.1) is 6.92 Å². The summed E-state index contributed by atoms with van der Waals surface area (Å²) in [5, 5.41) is 8.59. The van der Waals surface area contributed by atoms with Crippen LogP contribution in [0.25, 0.3) is 22.6 Å². The first-order chi connectivity index (χ1) is 14.2. The van der Waals surface area contributed by atoms with Crippen LogP contribution in [0.3, 0.4) is 0 Å². The van der Waals surface area contributed by atoms with Crippen molar-refractivity contribution in [1.29, 1.82) is 0 Å². The van der Waals surface area contributed by atoms with Crippen molar-refractivity contribution in [3.63, 3.8) is 0 Å². The Morgan fingerprint density at radius 2 is 1.97 bits per heavy atom. The third kappa shape index (κ3) is 3.26. The molecule has 0 N–H and O–H groups in total. The minimum absolute atomic E-state index is 0.0230. The van der Waals surface area contributed by atoms with Crippen LogP contribution in [0.4, 0.5) is 5.95 Å². The largest absolute Gasteiger partial charge is 0.337 e. The Hall–Kier alpha value is -3.55. The van der Waals surface area contributed by atoms with Crippen LogP contribution in [0.1, 0.15) is 30.5 Å². The van der Waals surface area contributed by atoms with Gasteiger partial charge >= 0.3 is 0 Å². The normalized spacial score (nSPS) is 16.5. The van der Waals surface area contributed by atoms with Crippen molar-refractivity contribution < 1.29 is 4.52 Å². The second-order valence-corrected chi connectivity index (χ2v) is 7.22. The standard InChI is InChI=1S/C21H21N7O/c1-14-16(13-27(2)25-14)17-10-11-22-21(23-17)28-12-6-9-18(28)20-24-19(26-29-20)15-7-4-3-5-8-15/h3-5,7-8,10-11,13,18H,6,9,12H2,1-2H3/t18-/m0/s1. The van der Waals surface area contributed by atoms with Crippen molar-refractivity contribution in [3.8, 4) is 22.6 Å². The molecule has 4 aromatic rings. The Kier molecular flexibility index (Phi) is 4.31. The number of aryl methyl sites for hydroxylation is 2. The summed E-state index contributed by atoms with van der Waals surface area (Å²) in [5.41, 5.74) is 3.76. The predicted molar refractivity (Wildman–Crippen MR) is 108 cm³/mol. The molecule has 1 aromatic carbocycles. The molecule has 8 nitrogen and oxygen atoms in total. The maximum Gasteiger partial charge on any atom is 0.249 e. The summed E-state index contributed by atoms with van der Waals surface area (Å²) in [6.45, 7) is 2.84. The van der Waals surface area contributed by atoms with Crippen LogP contribution in [-0.4, -0.2) is 36.4 Å². The van der Waals surface area contributed by atoms with Crippen molar-refractivity contribution in [1.82, 2.24) is 29.9 Å². The molecule has 1 aliphatic rings. The molecule has 1 atom stereocenters. The van der Waals surface area contributed by atoms with Crippen LogP contribution in [-0.2, 0) is 7.05 Å². The van der Waals surface area contributed by atoms with Gasteiger partial charge in [0.2, 0.25) is 17.7 Å². The van der Waals surface area contributed by atoms with E-state index in [1.54, 1.807) is 10.9 Å². The zero-order chi connectivity index (χ0) is 19.8. The molecule has 1 aliphatic heterocycles. The first-order valence-corrected chi connectivity index (χ1v) is 9.68. The van der Waals surface area contributed by atoms with Gasteiger partial charge in [-0.05, 0) is 25.8 Å². The molecule has 4 heterocycles. The minimum Gasteiger partial charge on any atom is -0.337 e. The molecule has 5 rings (SSSR count). The number of anilines is 1. The van der Waals surface area contributed by atoms with Crippen LogP contribution >= 0.6 is 0 Å². The lowest BCUT2D eigenvalue weighted by Crippen LogP contribution is -2.25. The highest BCUT2D eigenvalue weighted by atomic mass is 16.5. The summed E-state index contributed by atoms with van der Waals surface area (Å²) >= 11 is 0. The summed E-state index contributed by atoms with van der Waals surface area (Å²) in [7, 11) is 1.91. The Balaban J connectivity index is 1.45. The lowest BCUT2D eigenvalue weighted by Gasteiger charge is -2.21. The fourth-order valence-corrected chi connectivity index (χ4v) is 3.83. The van der Waals surface area contributed by atoms with Gasteiger partial charge in [0.1, 0.15) is 6.04 Å². The lowest BCUT2D eigenvalue weighted by atomic mass is 10.2. The van der Waals surface area contributed by atoms with Gasteiger partial charge in [0.15, 0.2) is 0 Å². The second kappa shape index (κ2) is 7.12. The summed E-state index contributed by atoms with van der Waals surface area (Å²) in [5.74, 6) is 1.88. The third-order valence-corrected chi connectivity index (χ3v) is 5.20. The molecule has 0 radical (unpaired) electrons. The first-order valence-electron chi connectivity index (χ1n) is 9.68. The summed E-state index contributed by atoms with van der Waals surface area (Å²) in [6, 6.07) is 11.7. The van der Waals surface area contributed by atoms with Gasteiger partial charge in [-0.3, -0.25) is 4.68 Å². The molecular weight excluding hydrogens is 366 g/mol. The Labute approximate surface area is 168 Å². The first kappa shape index (κ1) is 17.5. The zero-order valence-electron chi connectivity index (χ0n) is 16.4. The van der Waals surface area contributed by atoms with E-state index in [-0.39, 0.29) is 6.04 Å². The zero-order valence-corrected chi connectivity index (χ0v) is 16.4. The average Bonchev–Trinajstić information content (AvgIpc) is 3.48. The van der Waals surface area contributed by atoms with Gasteiger partial charge in [0.05, 0.1) is 11.4 Å². The van der Waals surface area contributed by atoms with Crippen LogP contribution in [0.15, 0.2) is 53.3 Å². The monoisotopic (exact) mass is 387 g/mol. The molecule has 0 bridgehead atoms. The topological polar surface area (TPSA) is 85.8 Å². The SMILES string of the molecule is Cc1nn(C)cc1-c1ccnc(N2CCC[C@H]2c2nc(-c3ccccc3)no2)n1. The van der Waals surface area contributed by atoms with E-state index in [0.29, 0.717) is 17.7 Å². The third-order valence-electron chi connectivity index (χ3n) is 5.20. The molecule has 29 heavy (non-hydrogen) atoms. The highest BCUT2D eigenvalue weighted by molar-refractivity contribution is 5.62. The average molecular weight is 387 g/mol. The molecule has 0 spiro atoms. The van der Waals surface area contributed by atoms with E-state index in [4.69, 9.17) is 9.51 Å². The van der Waals surface area contributed by atoms with Gasteiger partial charge < -0.3 is 9.42 Å². The van der Waals surface area contributed by atoms with E-state index < -0.39 is 0 Å². The molecule has 0 saturated carbocycles. The summed E-state index contributed by atoms with van der Waals surface area (Å²) in [4.78, 5) is 16.1. The van der Waals surface area contributed by atoms with Gasteiger partial charge in [-0.25, -0.2) is 9.97 Å². The molecule has 0 aliphatic carbocycles. The van der Waals surface area contributed by atoms with Crippen LogP contribution < -0.4 is 4.90 Å². The smallest absolute Gasteiger partial charge is 0.249 e. The van der Waals surface area contributed by atoms with E-state index in [0.717, 1.165) is 41.9 Å². The Morgan fingerprint density at radius 3 is 2.76 bits per heavy atom. The van der Waals surface area contributed by atoms with Crippen molar-refractivity contribution in [3.05, 3.63) is 60.4 Å². The summed E-state index contributed by atoms with van der Waals surface area (Å²) in [6.07, 6.45) is 5.72. The highest BCUT2D eigenvalue weighted by Crippen LogP contribution is 2.35. The Bertz CT molecular complexity index is 1130. The molecule has 8 heteroatoms. The molecule has 3 aromatic heterocycles. The minimum atomic E-state index is -0.0230. The lowest BCUT2D eigenvalue weighted by molar-refractivity contribution is 0.354. The fourth-order valence-electron chi connectivity index (χ4n) is 3.83. The number of rotatable bonds is 4. The number of aromatic nitrogens is 6. The highest BCUT2D eigenvalue weighted by Gasteiger charge is 2.33. The second-order valence-electron chi connectivity index (χ2n) is 7.22. The Morgan fingerprint density at radius 1 is 1.10 bits per heavy atom. The van der Waals surface area contributed by atoms with Crippen LogP contribution in [0.2, 0.25) is 0 Å². The van der Waals surface area contributed by atoms with Crippen molar-refractivity contribution in [2.24, 2.45) is 7.05 Å². The molecule has 146 valence electrons. The maximum atomic E-state index is 5.62. The maximum absolute atomic E-state index is 5.62. The van der Waals surface area contributed by atoms with Gasteiger partial charge in [-0.15, -0.1) is 0 Å². The van der Waals surface area contributed by atoms with E-state index in [1.807, 2.05) is 56.6 Å². The van der Waals surface area contributed by atoms with Gasteiger partial charge in [0.25, 0.3) is 0 Å². The fraction of sp³-hybridized carbons (Fsp3) is 0.286. The number of hydrogen-bond acceptors (Lipinski definition) is 7. The van der Waals surface area contributed by atoms with Gasteiger partial charge in [-0.2, -0.15) is 10.1 Å². The van der Waals surface area contributed by atoms with E-state index >= 15 is 0 Å². The number of nitrogens with zero attached hydrogens (tertiary/aromatic N) is 7. The molecule has 1 saturated heterocycles. The number of hydrogen-bond donors (Lipinski definition) is 0. The molecular formula is C21H21N7O. The van der Waals surface area contributed by atoms with E-state index in [9.17, 15) is 0 Å². The summed E-state index contributed by atoms with van der Waals surface area (Å²) < 4.78 is 7.42. The number of benzene rings is 1. The van der Waals surface area contributed by atoms with Gasteiger partial charge in [0, 0.05) is 37.1 Å².